The number of pyridine rings is 1. The highest BCUT2D eigenvalue weighted by Crippen LogP contribution is 2.26. The highest BCUT2D eigenvalue weighted by molar-refractivity contribution is 9.10. The van der Waals surface area contributed by atoms with Gasteiger partial charge in [-0.1, -0.05) is 24.6 Å². The molecule has 1 N–H and O–H groups in total. The molecule has 0 unspecified atom stereocenters. The van der Waals surface area contributed by atoms with Gasteiger partial charge in [0.15, 0.2) is 0 Å². The zero-order valence-electron chi connectivity index (χ0n) is 10.3. The molecule has 2 aromatic rings. The molecule has 0 saturated carbocycles. The Bertz CT molecular complexity index is 570. The Kier molecular flexibility index (Phi) is 4.25. The predicted octanol–water partition coefficient (Wildman–Crippen LogP) is 5.11. The fourth-order valence-electron chi connectivity index (χ4n) is 1.77. The summed E-state index contributed by atoms with van der Waals surface area (Å²) in [6.45, 7) is 4.27. The smallest absolute Gasteiger partial charge is 0.149 e. The zero-order valence-corrected chi connectivity index (χ0v) is 12.6. The highest BCUT2D eigenvalue weighted by atomic mass is 79.9. The van der Waals surface area contributed by atoms with E-state index in [1.165, 1.54) is 11.1 Å². The van der Waals surface area contributed by atoms with Gasteiger partial charge in [-0.15, -0.1) is 0 Å². The molecule has 0 aliphatic heterocycles. The monoisotopic (exact) mass is 324 g/mol. The summed E-state index contributed by atoms with van der Waals surface area (Å²) in [5.41, 5.74) is 3.64. The van der Waals surface area contributed by atoms with Gasteiger partial charge in [0.2, 0.25) is 0 Å². The molecule has 2 rings (SSSR count). The number of rotatable bonds is 3. The molecule has 18 heavy (non-hydrogen) atoms. The van der Waals surface area contributed by atoms with E-state index >= 15 is 0 Å². The summed E-state index contributed by atoms with van der Waals surface area (Å²) in [6.07, 6.45) is 2.74. The lowest BCUT2D eigenvalue weighted by Crippen LogP contribution is -1.96. The topological polar surface area (TPSA) is 24.9 Å². The molecule has 0 radical (unpaired) electrons. The van der Waals surface area contributed by atoms with Gasteiger partial charge in [-0.05, 0) is 58.6 Å². The van der Waals surface area contributed by atoms with Crippen LogP contribution in [0.3, 0.4) is 0 Å². The maximum atomic E-state index is 6.13. The Morgan fingerprint density at radius 3 is 2.78 bits per heavy atom. The molecule has 0 aliphatic rings. The molecular weight excluding hydrogens is 312 g/mol. The molecular formula is C14H14BrClN2. The summed E-state index contributed by atoms with van der Waals surface area (Å²) in [7, 11) is 0. The number of nitrogens with zero attached hydrogens (tertiary/aromatic N) is 1. The van der Waals surface area contributed by atoms with Crippen LogP contribution in [0.2, 0.25) is 5.02 Å². The van der Waals surface area contributed by atoms with Crippen LogP contribution in [-0.2, 0) is 6.42 Å². The SMILES string of the molecule is CCc1cc(Nc2ncc(Br)cc2Cl)ccc1C. The molecule has 1 heterocycles. The maximum absolute atomic E-state index is 6.13. The number of aromatic nitrogens is 1. The average molecular weight is 326 g/mol. The van der Waals surface area contributed by atoms with Gasteiger partial charge < -0.3 is 5.32 Å². The summed E-state index contributed by atoms with van der Waals surface area (Å²) in [4.78, 5) is 4.26. The highest BCUT2D eigenvalue weighted by Gasteiger charge is 2.04. The first-order valence-corrected chi connectivity index (χ1v) is 6.95. The number of halogens is 2. The fraction of sp³-hybridized carbons (Fsp3) is 0.214. The average Bonchev–Trinajstić information content (AvgIpc) is 2.35. The molecule has 0 bridgehead atoms. The normalized spacial score (nSPS) is 10.4. The molecule has 0 saturated heterocycles. The minimum atomic E-state index is 0.600. The van der Waals surface area contributed by atoms with Crippen LogP contribution in [0.25, 0.3) is 0 Å². The van der Waals surface area contributed by atoms with Crippen LogP contribution in [0.15, 0.2) is 34.9 Å². The van der Waals surface area contributed by atoms with E-state index in [0.29, 0.717) is 10.8 Å². The molecule has 4 heteroatoms. The van der Waals surface area contributed by atoms with Crippen molar-refractivity contribution < 1.29 is 0 Å². The number of anilines is 2. The van der Waals surface area contributed by atoms with E-state index in [4.69, 9.17) is 11.6 Å². The molecule has 2 nitrogen and oxygen atoms in total. The van der Waals surface area contributed by atoms with Gasteiger partial charge in [-0.3, -0.25) is 0 Å². The summed E-state index contributed by atoms with van der Waals surface area (Å²) < 4.78 is 0.871. The lowest BCUT2D eigenvalue weighted by molar-refractivity contribution is 1.11. The van der Waals surface area contributed by atoms with E-state index in [0.717, 1.165) is 16.6 Å². The van der Waals surface area contributed by atoms with Gasteiger partial charge in [0, 0.05) is 16.4 Å². The molecule has 0 aliphatic carbocycles. The predicted molar refractivity (Wildman–Crippen MR) is 80.8 cm³/mol. The van der Waals surface area contributed by atoms with Gasteiger partial charge in [0.25, 0.3) is 0 Å². The van der Waals surface area contributed by atoms with Crippen LogP contribution in [-0.4, -0.2) is 4.98 Å². The van der Waals surface area contributed by atoms with Crippen LogP contribution in [0.1, 0.15) is 18.1 Å². The molecule has 1 aromatic carbocycles. The molecule has 0 fully saturated rings. The van der Waals surface area contributed by atoms with Crippen molar-refractivity contribution in [3.05, 3.63) is 51.1 Å². The van der Waals surface area contributed by atoms with E-state index in [9.17, 15) is 0 Å². The second-order valence-corrected chi connectivity index (χ2v) is 5.43. The van der Waals surface area contributed by atoms with Crippen molar-refractivity contribution in [1.82, 2.24) is 4.98 Å². The van der Waals surface area contributed by atoms with E-state index in [2.05, 4.69) is 52.2 Å². The van der Waals surface area contributed by atoms with Gasteiger partial charge in [-0.2, -0.15) is 0 Å². The third kappa shape index (κ3) is 3.03. The second-order valence-electron chi connectivity index (χ2n) is 4.10. The van der Waals surface area contributed by atoms with E-state index in [1.807, 2.05) is 12.1 Å². The Labute approximate surface area is 121 Å². The lowest BCUT2D eigenvalue weighted by atomic mass is 10.1. The standard InChI is InChI=1S/C14H14BrClN2/c1-3-10-6-12(5-4-9(10)2)18-14-13(16)7-11(15)8-17-14/h4-8H,3H2,1-2H3,(H,17,18). The van der Waals surface area contributed by atoms with Crippen LogP contribution >= 0.6 is 27.5 Å². The minimum Gasteiger partial charge on any atom is -0.339 e. The first kappa shape index (κ1) is 13.4. The molecule has 94 valence electrons. The fourth-order valence-corrected chi connectivity index (χ4v) is 2.45. The van der Waals surface area contributed by atoms with Crippen LogP contribution in [0.4, 0.5) is 11.5 Å². The molecule has 0 spiro atoms. The van der Waals surface area contributed by atoms with Crippen molar-refractivity contribution in [2.24, 2.45) is 0 Å². The molecule has 0 amide bonds. The quantitative estimate of drug-likeness (QED) is 0.848. The van der Waals surface area contributed by atoms with Crippen molar-refractivity contribution in [3.8, 4) is 0 Å². The first-order valence-electron chi connectivity index (χ1n) is 5.77. The van der Waals surface area contributed by atoms with Crippen LogP contribution in [0.5, 0.6) is 0 Å². The number of hydrogen-bond acceptors (Lipinski definition) is 2. The van der Waals surface area contributed by atoms with Crippen LogP contribution < -0.4 is 5.32 Å². The van der Waals surface area contributed by atoms with Gasteiger partial charge in [0.05, 0.1) is 5.02 Å². The van der Waals surface area contributed by atoms with Gasteiger partial charge in [0.1, 0.15) is 5.82 Å². The van der Waals surface area contributed by atoms with Gasteiger partial charge >= 0.3 is 0 Å². The Morgan fingerprint density at radius 2 is 2.11 bits per heavy atom. The van der Waals surface area contributed by atoms with Crippen molar-refractivity contribution in [3.63, 3.8) is 0 Å². The summed E-state index contributed by atoms with van der Waals surface area (Å²) >= 11 is 9.47. The van der Waals surface area contributed by atoms with Crippen LogP contribution in [0, 0.1) is 6.92 Å². The maximum Gasteiger partial charge on any atom is 0.149 e. The van der Waals surface area contributed by atoms with Crippen molar-refractivity contribution in [2.45, 2.75) is 20.3 Å². The minimum absolute atomic E-state index is 0.600. The van der Waals surface area contributed by atoms with Crippen molar-refractivity contribution in [1.29, 1.82) is 0 Å². The summed E-state index contributed by atoms with van der Waals surface area (Å²) in [5, 5.41) is 3.84. The van der Waals surface area contributed by atoms with E-state index < -0.39 is 0 Å². The Balaban J connectivity index is 2.28. The first-order chi connectivity index (χ1) is 8.60. The Hall–Kier alpha value is -1.06. The number of aryl methyl sites for hydroxylation is 2. The van der Waals surface area contributed by atoms with Crippen molar-refractivity contribution >= 4 is 39.0 Å². The Morgan fingerprint density at radius 1 is 1.33 bits per heavy atom. The third-order valence-corrected chi connectivity index (χ3v) is 3.52. The summed E-state index contributed by atoms with van der Waals surface area (Å²) in [6, 6.07) is 8.10. The van der Waals surface area contributed by atoms with Gasteiger partial charge in [-0.25, -0.2) is 4.98 Å². The molecule has 1 aromatic heterocycles. The third-order valence-electron chi connectivity index (χ3n) is 2.80. The lowest BCUT2D eigenvalue weighted by Gasteiger charge is -2.10. The summed E-state index contributed by atoms with van der Waals surface area (Å²) in [5.74, 6) is 0.672. The zero-order chi connectivity index (χ0) is 13.1. The second kappa shape index (κ2) is 5.72. The number of hydrogen-bond donors (Lipinski definition) is 1. The van der Waals surface area contributed by atoms with E-state index in [-0.39, 0.29) is 0 Å². The molecule has 0 atom stereocenters. The number of nitrogens with one attached hydrogen (secondary N) is 1. The largest absolute Gasteiger partial charge is 0.339 e. The van der Waals surface area contributed by atoms with E-state index in [1.54, 1.807) is 6.20 Å². The van der Waals surface area contributed by atoms with Crippen molar-refractivity contribution in [2.75, 3.05) is 5.32 Å². The number of benzene rings is 1.